The van der Waals surface area contributed by atoms with Gasteiger partial charge in [-0.25, -0.2) is 0 Å². The Hall–Kier alpha value is -1.15. The first-order chi connectivity index (χ1) is 7.52. The van der Waals surface area contributed by atoms with Gasteiger partial charge >= 0.3 is 8.25 Å². The van der Waals surface area contributed by atoms with E-state index in [0.717, 1.165) is 0 Å². The molecule has 0 spiro atoms. The number of hydrogen-bond acceptors (Lipinski definition) is 1. The molecule has 2 aromatic rings. The molecule has 0 heterocycles. The van der Waals surface area contributed by atoms with Crippen molar-refractivity contribution in [3.8, 4) is 0 Å². The van der Waals surface area contributed by atoms with Crippen LogP contribution in [0, 0.1) is 13.8 Å². The average molecular weight is 238 g/mol. The van der Waals surface area contributed by atoms with E-state index in [-0.39, 0.29) is 0 Å². The van der Waals surface area contributed by atoms with E-state index in [2.05, 4.69) is 50.2 Å². The molecule has 0 radical (unpaired) electrons. The van der Waals surface area contributed by atoms with E-state index in [1.165, 1.54) is 21.9 Å². The largest absolute Gasteiger partial charge is 0.326 e. The summed E-state index contributed by atoms with van der Waals surface area (Å²) < 4.78 is 8.74. The zero-order chi connectivity index (χ0) is 12.1. The maximum atomic E-state index is 8.74. The molecular weight excluding hydrogens is 223 g/mol. The van der Waals surface area contributed by atoms with Gasteiger partial charge in [0.15, 0.2) is 0 Å². The Bertz CT molecular complexity index is 505. The molecule has 0 fully saturated rings. The van der Waals surface area contributed by atoms with Crippen LogP contribution in [0.3, 0.4) is 0 Å². The van der Waals surface area contributed by atoms with Gasteiger partial charge in [-0.1, -0.05) is 36.4 Å². The van der Waals surface area contributed by atoms with Crippen LogP contribution in [0.15, 0.2) is 36.4 Å². The molecule has 0 aliphatic carbocycles. The Morgan fingerprint density at radius 2 is 1.56 bits per heavy atom. The van der Waals surface area contributed by atoms with E-state index in [9.17, 15) is 0 Å². The first-order valence-corrected chi connectivity index (χ1v) is 6.19. The third-order valence-corrected chi connectivity index (χ3v) is 2.47. The lowest BCUT2D eigenvalue weighted by Crippen LogP contribution is -1.82. The first kappa shape index (κ1) is 12.9. The SMILES string of the molecule is Cc1ccc2ccccc2c1C.O=[PH](O)O. The second-order valence-corrected chi connectivity index (χ2v) is 4.08. The van der Waals surface area contributed by atoms with Gasteiger partial charge in [-0.3, -0.25) is 4.57 Å². The van der Waals surface area contributed by atoms with E-state index < -0.39 is 8.25 Å². The minimum atomic E-state index is -3.13. The lowest BCUT2D eigenvalue weighted by atomic mass is 10.0. The lowest BCUT2D eigenvalue weighted by molar-refractivity contribution is 0.405. The van der Waals surface area contributed by atoms with Crippen molar-refractivity contribution in [1.29, 1.82) is 0 Å². The van der Waals surface area contributed by atoms with Crippen LogP contribution in [-0.4, -0.2) is 9.79 Å². The molecule has 0 saturated heterocycles. The van der Waals surface area contributed by atoms with Crippen molar-refractivity contribution in [3.05, 3.63) is 47.5 Å². The zero-order valence-corrected chi connectivity index (χ0v) is 10.3. The van der Waals surface area contributed by atoms with Crippen LogP contribution in [0.25, 0.3) is 10.8 Å². The summed E-state index contributed by atoms with van der Waals surface area (Å²) in [5.74, 6) is 0. The molecule has 0 amide bonds. The monoisotopic (exact) mass is 238 g/mol. The highest BCUT2D eigenvalue weighted by atomic mass is 31.1. The summed E-state index contributed by atoms with van der Waals surface area (Å²) in [7, 11) is -3.13. The minimum absolute atomic E-state index is 1.33. The second kappa shape index (κ2) is 5.80. The van der Waals surface area contributed by atoms with Crippen LogP contribution in [0.2, 0.25) is 0 Å². The predicted octanol–water partition coefficient (Wildman–Crippen LogP) is 2.82. The zero-order valence-electron chi connectivity index (χ0n) is 9.27. The van der Waals surface area contributed by atoms with Crippen LogP contribution in [0.5, 0.6) is 0 Å². The molecule has 2 aromatic carbocycles. The fourth-order valence-electron chi connectivity index (χ4n) is 1.54. The molecule has 0 aliphatic rings. The summed E-state index contributed by atoms with van der Waals surface area (Å²) in [4.78, 5) is 14.3. The van der Waals surface area contributed by atoms with E-state index in [4.69, 9.17) is 14.4 Å². The highest BCUT2D eigenvalue weighted by molar-refractivity contribution is 7.30. The van der Waals surface area contributed by atoms with Gasteiger partial charge in [-0.2, -0.15) is 0 Å². The normalized spacial score (nSPS) is 10.1. The number of hydrogen-bond donors (Lipinski definition) is 2. The summed E-state index contributed by atoms with van der Waals surface area (Å²) >= 11 is 0. The Kier molecular flexibility index (Phi) is 4.69. The number of benzene rings is 2. The minimum Gasteiger partial charge on any atom is -0.326 e. The molecule has 0 saturated carbocycles. The van der Waals surface area contributed by atoms with Gasteiger partial charge in [-0.15, -0.1) is 0 Å². The van der Waals surface area contributed by atoms with Crippen molar-refractivity contribution in [2.75, 3.05) is 0 Å². The third-order valence-electron chi connectivity index (χ3n) is 2.47. The maximum Gasteiger partial charge on any atom is 0.314 e. The molecule has 2 N–H and O–H groups in total. The molecule has 16 heavy (non-hydrogen) atoms. The van der Waals surface area contributed by atoms with Crippen molar-refractivity contribution < 1.29 is 14.4 Å². The van der Waals surface area contributed by atoms with Crippen molar-refractivity contribution in [2.45, 2.75) is 13.8 Å². The van der Waals surface area contributed by atoms with Crippen LogP contribution in [0.1, 0.15) is 11.1 Å². The van der Waals surface area contributed by atoms with Crippen molar-refractivity contribution in [2.24, 2.45) is 0 Å². The predicted molar refractivity (Wildman–Crippen MR) is 66.9 cm³/mol. The van der Waals surface area contributed by atoms with Crippen molar-refractivity contribution in [3.63, 3.8) is 0 Å². The highest BCUT2D eigenvalue weighted by Gasteiger charge is 1.97. The van der Waals surface area contributed by atoms with Gasteiger partial charge in [0, 0.05) is 0 Å². The van der Waals surface area contributed by atoms with Gasteiger partial charge in [0.1, 0.15) is 0 Å². The Morgan fingerprint density at radius 1 is 1.00 bits per heavy atom. The Morgan fingerprint density at radius 3 is 2.19 bits per heavy atom. The molecule has 0 aromatic heterocycles. The standard InChI is InChI=1S/C12H12.H3O3P/c1-9-7-8-11-5-3-4-6-12(11)10(9)2;1-4(2)3/h3-8H,1-2H3;4H,(H2,1,2,3). The van der Waals surface area contributed by atoms with E-state index >= 15 is 0 Å². The molecule has 0 unspecified atom stereocenters. The first-order valence-electron chi connectivity index (χ1n) is 4.89. The maximum absolute atomic E-state index is 8.74. The van der Waals surface area contributed by atoms with E-state index in [1.54, 1.807) is 0 Å². The molecule has 0 bridgehead atoms. The van der Waals surface area contributed by atoms with Crippen LogP contribution < -0.4 is 0 Å². The average Bonchev–Trinajstić information content (AvgIpc) is 2.23. The fourth-order valence-corrected chi connectivity index (χ4v) is 1.54. The quantitative estimate of drug-likeness (QED) is 0.694. The van der Waals surface area contributed by atoms with Gasteiger partial charge in [0.25, 0.3) is 0 Å². The van der Waals surface area contributed by atoms with E-state index in [0.29, 0.717) is 0 Å². The van der Waals surface area contributed by atoms with Crippen LogP contribution in [-0.2, 0) is 4.57 Å². The van der Waals surface area contributed by atoms with Gasteiger partial charge in [0.2, 0.25) is 0 Å². The Balaban J connectivity index is 0.000000280. The molecule has 2 rings (SSSR count). The highest BCUT2D eigenvalue weighted by Crippen LogP contribution is 2.20. The lowest BCUT2D eigenvalue weighted by Gasteiger charge is -2.04. The van der Waals surface area contributed by atoms with Gasteiger partial charge in [-0.05, 0) is 35.7 Å². The Labute approximate surface area is 95.3 Å². The topological polar surface area (TPSA) is 57.5 Å². The van der Waals surface area contributed by atoms with Crippen molar-refractivity contribution >= 4 is 19.0 Å². The summed E-state index contributed by atoms with van der Waals surface area (Å²) in [5.41, 5.74) is 2.77. The summed E-state index contributed by atoms with van der Waals surface area (Å²) in [6.45, 7) is 4.33. The molecule has 4 heteroatoms. The van der Waals surface area contributed by atoms with Gasteiger partial charge < -0.3 is 9.79 Å². The molecular formula is C12H15O3P. The number of aryl methyl sites for hydroxylation is 2. The smallest absolute Gasteiger partial charge is 0.314 e. The number of fused-ring (bicyclic) bond motifs is 1. The van der Waals surface area contributed by atoms with Gasteiger partial charge in [0.05, 0.1) is 0 Å². The van der Waals surface area contributed by atoms with Crippen molar-refractivity contribution in [1.82, 2.24) is 0 Å². The summed E-state index contributed by atoms with van der Waals surface area (Å²) in [5, 5.41) is 2.71. The molecule has 0 aliphatic heterocycles. The summed E-state index contributed by atoms with van der Waals surface area (Å²) in [6.07, 6.45) is 0. The number of rotatable bonds is 0. The molecule has 3 nitrogen and oxygen atoms in total. The summed E-state index contributed by atoms with van der Waals surface area (Å²) in [6, 6.07) is 12.9. The van der Waals surface area contributed by atoms with Crippen LogP contribution >= 0.6 is 8.25 Å². The second-order valence-electron chi connectivity index (χ2n) is 3.51. The molecule has 86 valence electrons. The third kappa shape index (κ3) is 3.46. The van der Waals surface area contributed by atoms with Crippen LogP contribution in [0.4, 0.5) is 0 Å². The fraction of sp³-hybridized carbons (Fsp3) is 0.167. The molecule has 0 atom stereocenters. The van der Waals surface area contributed by atoms with E-state index in [1.807, 2.05) is 0 Å².